The second-order valence-corrected chi connectivity index (χ2v) is 7.50. The molecule has 0 atom stereocenters. The van der Waals surface area contributed by atoms with Crippen LogP contribution in [0.1, 0.15) is 27.2 Å². The Labute approximate surface area is 180 Å². The highest BCUT2D eigenvalue weighted by Crippen LogP contribution is 2.23. The van der Waals surface area contributed by atoms with Gasteiger partial charge in [-0.05, 0) is 65.7 Å². The summed E-state index contributed by atoms with van der Waals surface area (Å²) in [6.45, 7) is 3.51. The molecule has 1 N–H and O–H groups in total. The Kier molecular flexibility index (Phi) is 6.36. The number of nitrogens with zero attached hydrogens (tertiary/aromatic N) is 1. The molecular formula is C22H19BrF2N2O3. The monoisotopic (exact) mass is 476 g/mol. The van der Waals surface area contributed by atoms with Gasteiger partial charge in [0.05, 0.1) is 10.2 Å². The van der Waals surface area contributed by atoms with E-state index in [0.717, 1.165) is 17.7 Å². The fraction of sp³-hybridized carbons (Fsp3) is 0.182. The van der Waals surface area contributed by atoms with E-state index >= 15 is 0 Å². The van der Waals surface area contributed by atoms with Crippen molar-refractivity contribution in [1.29, 1.82) is 0 Å². The molecule has 0 aliphatic heterocycles. The molecule has 0 aliphatic rings. The van der Waals surface area contributed by atoms with E-state index in [9.17, 15) is 18.4 Å². The molecule has 0 bridgehead atoms. The van der Waals surface area contributed by atoms with Crippen molar-refractivity contribution in [2.45, 2.75) is 20.5 Å². The topological polar surface area (TPSA) is 60.3 Å². The third-order valence-electron chi connectivity index (χ3n) is 4.62. The fourth-order valence-corrected chi connectivity index (χ4v) is 3.47. The molecule has 1 aromatic heterocycles. The number of nitrogens with one attached hydrogen (secondary N) is 1. The van der Waals surface area contributed by atoms with E-state index in [1.54, 1.807) is 31.2 Å². The van der Waals surface area contributed by atoms with Gasteiger partial charge in [-0.25, -0.2) is 8.78 Å². The second kappa shape index (κ2) is 8.79. The van der Waals surface area contributed by atoms with Gasteiger partial charge in [0.15, 0.2) is 11.6 Å². The quantitative estimate of drug-likeness (QED) is 0.592. The lowest BCUT2D eigenvalue weighted by Crippen LogP contribution is -2.25. The van der Waals surface area contributed by atoms with E-state index in [2.05, 4.69) is 21.2 Å². The van der Waals surface area contributed by atoms with E-state index in [1.165, 1.54) is 17.7 Å². The largest absolute Gasteiger partial charge is 0.486 e. The van der Waals surface area contributed by atoms with Crippen molar-refractivity contribution in [3.63, 3.8) is 0 Å². The molecule has 0 spiro atoms. The lowest BCUT2D eigenvalue weighted by molar-refractivity contribution is 0.0963. The van der Waals surface area contributed by atoms with Crippen molar-refractivity contribution in [2.75, 3.05) is 7.05 Å². The van der Waals surface area contributed by atoms with E-state index in [4.69, 9.17) is 4.74 Å². The highest BCUT2D eigenvalue weighted by atomic mass is 79.9. The Hall–Kier alpha value is -3.00. The molecule has 0 aliphatic carbocycles. The van der Waals surface area contributed by atoms with Gasteiger partial charge in [0.2, 0.25) is 0 Å². The highest BCUT2D eigenvalue weighted by Gasteiger charge is 2.16. The van der Waals surface area contributed by atoms with Crippen molar-refractivity contribution in [3.05, 3.63) is 91.3 Å². The first-order valence-corrected chi connectivity index (χ1v) is 9.84. The summed E-state index contributed by atoms with van der Waals surface area (Å²) >= 11 is 3.31. The molecule has 30 heavy (non-hydrogen) atoms. The minimum absolute atomic E-state index is 0.0860. The summed E-state index contributed by atoms with van der Waals surface area (Å²) in [6, 6.07) is 9.87. The Morgan fingerprint density at radius 2 is 1.87 bits per heavy atom. The summed E-state index contributed by atoms with van der Waals surface area (Å²) < 4.78 is 34.0. The number of amides is 1. The van der Waals surface area contributed by atoms with Gasteiger partial charge in [0, 0.05) is 29.9 Å². The van der Waals surface area contributed by atoms with Crippen LogP contribution in [0, 0.1) is 25.5 Å². The number of hydrogen-bond acceptors (Lipinski definition) is 3. The van der Waals surface area contributed by atoms with Gasteiger partial charge in [0.25, 0.3) is 11.5 Å². The van der Waals surface area contributed by atoms with Crippen LogP contribution < -0.4 is 15.6 Å². The van der Waals surface area contributed by atoms with Gasteiger partial charge < -0.3 is 10.1 Å². The Balaban J connectivity index is 2.00. The summed E-state index contributed by atoms with van der Waals surface area (Å²) in [5, 5.41) is 2.56. The molecule has 1 amide bonds. The maximum absolute atomic E-state index is 13.8. The number of carbonyl (C=O) groups is 1. The lowest BCUT2D eigenvalue weighted by Gasteiger charge is -2.17. The molecule has 1 heterocycles. The van der Waals surface area contributed by atoms with Crippen LogP contribution in [0.3, 0.4) is 0 Å². The summed E-state index contributed by atoms with van der Waals surface area (Å²) in [5.74, 6) is -1.89. The Bertz CT molecular complexity index is 1190. The van der Waals surface area contributed by atoms with Gasteiger partial charge in [-0.15, -0.1) is 0 Å². The predicted octanol–water partition coefficient (Wildman–Crippen LogP) is 4.43. The van der Waals surface area contributed by atoms with Gasteiger partial charge in [-0.1, -0.05) is 6.07 Å². The van der Waals surface area contributed by atoms with Crippen LogP contribution in [0.4, 0.5) is 8.78 Å². The standard InChI is InChI=1S/C22H19BrF2N2O3/c1-12-4-5-14(21(28)26-3)9-18(12)27-13(2)8-15(20(23)22(27)29)11-30-19-7-6-16(24)10-17(19)25/h4-10H,11H2,1-3H3,(H,26,28). The highest BCUT2D eigenvalue weighted by molar-refractivity contribution is 9.10. The van der Waals surface area contributed by atoms with Crippen LogP contribution in [0.25, 0.3) is 5.69 Å². The van der Waals surface area contributed by atoms with Crippen molar-refractivity contribution in [1.82, 2.24) is 9.88 Å². The van der Waals surface area contributed by atoms with Gasteiger partial charge in [0.1, 0.15) is 12.4 Å². The Morgan fingerprint density at radius 1 is 1.13 bits per heavy atom. The SMILES string of the molecule is CNC(=O)c1ccc(C)c(-n2c(C)cc(COc3ccc(F)cc3F)c(Br)c2=O)c1. The zero-order chi connectivity index (χ0) is 22.0. The van der Waals surface area contributed by atoms with E-state index in [0.29, 0.717) is 22.5 Å². The minimum Gasteiger partial charge on any atom is -0.486 e. The van der Waals surface area contributed by atoms with Crippen LogP contribution in [0.5, 0.6) is 5.75 Å². The normalized spacial score (nSPS) is 10.7. The average molecular weight is 477 g/mol. The first kappa shape index (κ1) is 21.7. The van der Waals surface area contributed by atoms with Crippen LogP contribution >= 0.6 is 15.9 Å². The van der Waals surface area contributed by atoms with E-state index in [-0.39, 0.29) is 28.3 Å². The second-order valence-electron chi connectivity index (χ2n) is 6.71. The molecule has 8 heteroatoms. The summed E-state index contributed by atoms with van der Waals surface area (Å²) in [4.78, 5) is 25.1. The number of ether oxygens (including phenoxy) is 1. The number of benzene rings is 2. The first-order valence-electron chi connectivity index (χ1n) is 9.05. The van der Waals surface area contributed by atoms with Crippen LogP contribution in [-0.4, -0.2) is 17.5 Å². The summed E-state index contributed by atoms with van der Waals surface area (Å²) in [5.41, 5.74) is 2.61. The number of pyridine rings is 1. The van der Waals surface area contributed by atoms with Crippen LogP contribution in [0.15, 0.2) is 51.7 Å². The van der Waals surface area contributed by atoms with Crippen molar-refractivity contribution >= 4 is 21.8 Å². The third kappa shape index (κ3) is 4.28. The number of carbonyl (C=O) groups excluding carboxylic acids is 1. The molecule has 3 aromatic rings. The molecule has 3 rings (SSSR count). The van der Waals surface area contributed by atoms with Gasteiger partial charge >= 0.3 is 0 Å². The first-order chi connectivity index (χ1) is 14.2. The molecule has 0 unspecified atom stereocenters. The molecular weight excluding hydrogens is 458 g/mol. The maximum Gasteiger partial charge on any atom is 0.270 e. The predicted molar refractivity (Wildman–Crippen MR) is 113 cm³/mol. The smallest absolute Gasteiger partial charge is 0.270 e. The Morgan fingerprint density at radius 3 is 2.53 bits per heavy atom. The number of halogens is 3. The van der Waals surface area contributed by atoms with E-state index in [1.807, 2.05) is 6.92 Å². The van der Waals surface area contributed by atoms with E-state index < -0.39 is 11.6 Å². The lowest BCUT2D eigenvalue weighted by atomic mass is 10.1. The third-order valence-corrected chi connectivity index (χ3v) is 5.47. The zero-order valence-corrected chi connectivity index (χ0v) is 18.1. The molecule has 0 radical (unpaired) electrons. The number of hydrogen-bond donors (Lipinski definition) is 1. The van der Waals surface area contributed by atoms with Gasteiger partial charge in [-0.2, -0.15) is 0 Å². The van der Waals surface area contributed by atoms with Crippen LogP contribution in [0.2, 0.25) is 0 Å². The van der Waals surface area contributed by atoms with Crippen molar-refractivity contribution in [2.24, 2.45) is 0 Å². The molecule has 0 saturated heterocycles. The molecule has 0 fully saturated rings. The summed E-state index contributed by atoms with van der Waals surface area (Å²) in [6.07, 6.45) is 0. The minimum atomic E-state index is -0.821. The van der Waals surface area contributed by atoms with Crippen molar-refractivity contribution in [3.8, 4) is 11.4 Å². The number of rotatable bonds is 5. The van der Waals surface area contributed by atoms with Gasteiger partial charge in [-0.3, -0.25) is 14.2 Å². The zero-order valence-electron chi connectivity index (χ0n) is 16.6. The molecule has 0 saturated carbocycles. The fourth-order valence-electron chi connectivity index (χ4n) is 3.06. The average Bonchev–Trinajstić information content (AvgIpc) is 2.71. The molecule has 156 valence electrons. The summed E-state index contributed by atoms with van der Waals surface area (Å²) in [7, 11) is 1.54. The maximum atomic E-state index is 13.8. The molecule has 2 aromatic carbocycles. The number of aryl methyl sites for hydroxylation is 2. The molecule has 5 nitrogen and oxygen atoms in total. The number of aromatic nitrogens is 1. The van der Waals surface area contributed by atoms with Crippen LogP contribution in [-0.2, 0) is 6.61 Å². The van der Waals surface area contributed by atoms with Crippen molar-refractivity contribution < 1.29 is 18.3 Å².